The topological polar surface area (TPSA) is 93.1 Å². The molecule has 0 aromatic carbocycles. The van der Waals surface area contributed by atoms with Gasteiger partial charge in [0, 0.05) is 5.57 Å². The van der Waals surface area contributed by atoms with Crippen LogP contribution in [-0.2, 0) is 18.6 Å². The molecular formula is C6H11O6P. The van der Waals surface area contributed by atoms with Crippen molar-refractivity contribution in [1.29, 1.82) is 0 Å². The van der Waals surface area contributed by atoms with Crippen LogP contribution in [0.4, 0.5) is 0 Å². The molecule has 0 bridgehead atoms. The Morgan fingerprint density at radius 2 is 2.00 bits per heavy atom. The Morgan fingerprint density at radius 3 is 2.31 bits per heavy atom. The van der Waals surface area contributed by atoms with Crippen LogP contribution in [0.3, 0.4) is 0 Å². The number of phosphoric ester groups is 1. The minimum absolute atomic E-state index is 0.126. The van der Waals surface area contributed by atoms with Crippen LogP contribution in [0.2, 0.25) is 0 Å². The zero-order chi connectivity index (χ0) is 10.6. The summed E-state index contributed by atoms with van der Waals surface area (Å²) in [4.78, 5) is 27.4. The Balaban J connectivity index is 4.03. The van der Waals surface area contributed by atoms with E-state index in [1.807, 2.05) is 0 Å². The van der Waals surface area contributed by atoms with Crippen LogP contribution >= 0.6 is 7.82 Å². The van der Waals surface area contributed by atoms with Gasteiger partial charge in [-0.05, 0) is 13.8 Å². The highest BCUT2D eigenvalue weighted by atomic mass is 31.2. The molecule has 6 nitrogen and oxygen atoms in total. The second-order valence-corrected chi connectivity index (χ2v) is 3.54. The molecule has 0 aliphatic carbocycles. The number of hydrogen-bond acceptors (Lipinski definition) is 4. The Labute approximate surface area is 75.4 Å². The van der Waals surface area contributed by atoms with E-state index in [1.165, 1.54) is 13.8 Å². The zero-order valence-electron chi connectivity index (χ0n) is 7.26. The third kappa shape index (κ3) is 6.48. The molecule has 1 atom stereocenters. The molecule has 0 fully saturated rings. The maximum atomic E-state index is 10.8. The van der Waals surface area contributed by atoms with Gasteiger partial charge in [-0.3, -0.25) is 0 Å². The molecule has 0 rings (SSSR count). The molecule has 0 saturated heterocycles. The van der Waals surface area contributed by atoms with Gasteiger partial charge in [0.05, 0.1) is 0 Å². The van der Waals surface area contributed by atoms with Crippen molar-refractivity contribution in [3.05, 3.63) is 12.2 Å². The first-order chi connectivity index (χ1) is 5.72. The van der Waals surface area contributed by atoms with Crippen molar-refractivity contribution >= 4 is 13.8 Å². The van der Waals surface area contributed by atoms with E-state index in [1.54, 1.807) is 0 Å². The third-order valence-electron chi connectivity index (χ3n) is 0.907. The summed E-state index contributed by atoms with van der Waals surface area (Å²) in [7, 11) is -4.62. The van der Waals surface area contributed by atoms with E-state index >= 15 is 0 Å². The predicted octanol–water partition coefficient (Wildman–Crippen LogP) is 0.561. The lowest BCUT2D eigenvalue weighted by molar-refractivity contribution is -0.157. The Kier molecular flexibility index (Phi) is 4.29. The number of ether oxygens (including phenoxy) is 1. The fourth-order valence-electron chi connectivity index (χ4n) is 0.466. The molecule has 0 aliphatic heterocycles. The van der Waals surface area contributed by atoms with Gasteiger partial charge >= 0.3 is 13.8 Å². The molecule has 0 heterocycles. The van der Waals surface area contributed by atoms with E-state index in [4.69, 9.17) is 9.79 Å². The highest BCUT2D eigenvalue weighted by Crippen LogP contribution is 2.37. The molecule has 0 radical (unpaired) electrons. The predicted molar refractivity (Wildman–Crippen MR) is 43.5 cm³/mol. The third-order valence-corrected chi connectivity index (χ3v) is 1.48. The minimum Gasteiger partial charge on any atom is -0.432 e. The van der Waals surface area contributed by atoms with E-state index in [-0.39, 0.29) is 5.57 Å². The number of carbonyl (C=O) groups excluding carboxylic acids is 1. The first kappa shape index (κ1) is 12.3. The maximum Gasteiger partial charge on any atom is 0.472 e. The lowest BCUT2D eigenvalue weighted by Gasteiger charge is -2.13. The van der Waals surface area contributed by atoms with Crippen molar-refractivity contribution in [2.24, 2.45) is 0 Å². The molecule has 13 heavy (non-hydrogen) atoms. The van der Waals surface area contributed by atoms with Crippen LogP contribution in [0.15, 0.2) is 12.2 Å². The lowest BCUT2D eigenvalue weighted by Crippen LogP contribution is -2.17. The van der Waals surface area contributed by atoms with Gasteiger partial charge < -0.3 is 14.5 Å². The zero-order valence-corrected chi connectivity index (χ0v) is 8.15. The highest BCUT2D eigenvalue weighted by Gasteiger charge is 2.21. The molecule has 0 amide bonds. The van der Waals surface area contributed by atoms with E-state index in [0.29, 0.717) is 0 Å². The number of hydrogen-bond donors (Lipinski definition) is 2. The fraction of sp³-hybridized carbons (Fsp3) is 0.500. The first-order valence-electron chi connectivity index (χ1n) is 3.33. The summed E-state index contributed by atoms with van der Waals surface area (Å²) >= 11 is 0. The summed E-state index contributed by atoms with van der Waals surface area (Å²) < 4.78 is 18.7. The van der Waals surface area contributed by atoms with Gasteiger partial charge in [-0.25, -0.2) is 13.9 Å². The van der Waals surface area contributed by atoms with Crippen LogP contribution in [0.5, 0.6) is 0 Å². The van der Waals surface area contributed by atoms with Crippen molar-refractivity contribution in [1.82, 2.24) is 0 Å². The van der Waals surface area contributed by atoms with Gasteiger partial charge in [0.25, 0.3) is 0 Å². The maximum absolute atomic E-state index is 10.8. The van der Waals surface area contributed by atoms with Gasteiger partial charge in [0.2, 0.25) is 6.29 Å². The van der Waals surface area contributed by atoms with Crippen molar-refractivity contribution < 1.29 is 28.4 Å². The number of phosphoric acid groups is 1. The molecule has 7 heteroatoms. The summed E-state index contributed by atoms with van der Waals surface area (Å²) in [5, 5.41) is 0. The molecule has 0 spiro atoms. The molecule has 2 N–H and O–H groups in total. The van der Waals surface area contributed by atoms with Gasteiger partial charge in [-0.15, -0.1) is 0 Å². The second-order valence-electron chi connectivity index (χ2n) is 2.35. The Morgan fingerprint density at radius 1 is 1.54 bits per heavy atom. The van der Waals surface area contributed by atoms with E-state index < -0.39 is 20.1 Å². The van der Waals surface area contributed by atoms with E-state index in [2.05, 4.69) is 15.8 Å². The summed E-state index contributed by atoms with van der Waals surface area (Å²) in [5.41, 5.74) is 0.126. The summed E-state index contributed by atoms with van der Waals surface area (Å²) in [6.07, 6.45) is -1.30. The Hall–Kier alpha value is -0.680. The van der Waals surface area contributed by atoms with Crippen LogP contribution in [0.1, 0.15) is 13.8 Å². The lowest BCUT2D eigenvalue weighted by atomic mass is 10.4. The smallest absolute Gasteiger partial charge is 0.432 e. The van der Waals surface area contributed by atoms with Gasteiger partial charge in [0.1, 0.15) is 0 Å². The SMILES string of the molecule is C=C(C)C(=O)OC(C)OP(=O)(O)O. The van der Waals surface area contributed by atoms with Crippen molar-refractivity contribution in [2.75, 3.05) is 0 Å². The van der Waals surface area contributed by atoms with Crippen molar-refractivity contribution in [2.45, 2.75) is 20.1 Å². The monoisotopic (exact) mass is 210 g/mol. The standard InChI is InChI=1S/C6H11O6P/c1-4(2)6(7)11-5(3)12-13(8,9)10/h5H,1H2,2-3H3,(H2,8,9,10). The number of rotatable bonds is 4. The van der Waals surface area contributed by atoms with E-state index in [9.17, 15) is 9.36 Å². The van der Waals surface area contributed by atoms with E-state index in [0.717, 1.165) is 0 Å². The van der Waals surface area contributed by atoms with Gasteiger partial charge in [-0.1, -0.05) is 6.58 Å². The highest BCUT2D eigenvalue weighted by molar-refractivity contribution is 7.46. The number of carbonyl (C=O) groups is 1. The minimum atomic E-state index is -4.62. The average Bonchev–Trinajstić information content (AvgIpc) is 1.81. The number of esters is 1. The molecule has 76 valence electrons. The van der Waals surface area contributed by atoms with Crippen LogP contribution in [-0.4, -0.2) is 22.0 Å². The fourth-order valence-corrected chi connectivity index (χ4v) is 0.896. The van der Waals surface area contributed by atoms with Gasteiger partial charge in [0.15, 0.2) is 0 Å². The summed E-state index contributed by atoms with van der Waals surface area (Å²) in [6, 6.07) is 0. The van der Waals surface area contributed by atoms with Crippen molar-refractivity contribution in [3.8, 4) is 0 Å². The molecule has 0 aliphatic rings. The average molecular weight is 210 g/mol. The molecule has 0 aromatic heterocycles. The largest absolute Gasteiger partial charge is 0.472 e. The molecule has 0 saturated carbocycles. The quantitative estimate of drug-likeness (QED) is 0.305. The summed E-state index contributed by atoms with van der Waals surface area (Å²) in [6.45, 7) is 5.88. The first-order valence-corrected chi connectivity index (χ1v) is 4.86. The van der Waals surface area contributed by atoms with Crippen molar-refractivity contribution in [3.63, 3.8) is 0 Å². The normalized spacial score (nSPS) is 13.5. The molecule has 1 unspecified atom stereocenters. The van der Waals surface area contributed by atoms with Crippen LogP contribution in [0, 0.1) is 0 Å². The molecular weight excluding hydrogens is 199 g/mol. The van der Waals surface area contributed by atoms with Crippen LogP contribution < -0.4 is 0 Å². The van der Waals surface area contributed by atoms with Crippen LogP contribution in [0.25, 0.3) is 0 Å². The van der Waals surface area contributed by atoms with Gasteiger partial charge in [-0.2, -0.15) is 0 Å². The second kappa shape index (κ2) is 4.53. The molecule has 0 aromatic rings. The summed E-state index contributed by atoms with van der Waals surface area (Å²) in [5.74, 6) is -0.763. The Bertz CT molecular complexity index is 254.